The Morgan fingerprint density at radius 1 is 1.29 bits per heavy atom. The second kappa shape index (κ2) is 9.18. The van der Waals surface area contributed by atoms with Crippen LogP contribution in [-0.2, 0) is 0 Å². The third kappa shape index (κ3) is 4.33. The third-order valence-corrected chi connectivity index (χ3v) is 6.23. The number of aromatic nitrogens is 5. The van der Waals surface area contributed by atoms with Gasteiger partial charge in [0, 0.05) is 25.3 Å². The van der Waals surface area contributed by atoms with Gasteiger partial charge in [0.05, 0.1) is 39.9 Å². The first-order valence-corrected chi connectivity index (χ1v) is 11.7. The summed E-state index contributed by atoms with van der Waals surface area (Å²) in [6.45, 7) is 7.63. The van der Waals surface area contributed by atoms with Crippen molar-refractivity contribution in [3.8, 4) is 28.9 Å². The molecule has 1 aliphatic heterocycles. The van der Waals surface area contributed by atoms with Gasteiger partial charge >= 0.3 is 11.8 Å². The Labute approximate surface area is 202 Å². The van der Waals surface area contributed by atoms with Crippen molar-refractivity contribution in [1.29, 1.82) is 5.26 Å². The Balaban J connectivity index is 1.48. The van der Waals surface area contributed by atoms with E-state index >= 15 is 0 Å². The molecule has 0 aliphatic carbocycles. The van der Waals surface area contributed by atoms with Gasteiger partial charge in [-0.15, -0.1) is 10.2 Å². The fourth-order valence-electron chi connectivity index (χ4n) is 4.35. The summed E-state index contributed by atoms with van der Waals surface area (Å²) in [5.41, 5.74) is 4.13. The largest absolute Gasteiger partial charge is 0.412 e. The molecule has 4 aromatic heterocycles. The van der Waals surface area contributed by atoms with Crippen molar-refractivity contribution in [2.75, 3.05) is 18.4 Å². The highest BCUT2D eigenvalue weighted by Gasteiger charge is 2.29. The molecule has 1 aliphatic rings. The van der Waals surface area contributed by atoms with Crippen LogP contribution in [-0.4, -0.2) is 54.7 Å². The SMILES string of the molecule is CC[C@@H]1CCN(C(=O)c2nnc(-c3cnc(-c4ccc5cc(C#N)cnn45)cc3NC(C)C)o2)C1. The number of carbonyl (C=O) groups is 1. The number of fused-ring (bicyclic) bond motifs is 1. The normalized spacial score (nSPS) is 15.6. The van der Waals surface area contributed by atoms with Gasteiger partial charge in [-0.3, -0.25) is 9.78 Å². The standard InChI is InChI=1S/C25H26N8O2/c1-4-16-7-8-32(14-16)25(34)24-31-30-23(35-24)19-13-27-21(10-20(19)29-15(2)3)22-6-5-18-9-17(11-26)12-28-33(18)22/h5-6,9-10,12-13,15-16H,4,7-8,14H2,1-3H3,(H,27,29)/t16-/m1/s1. The van der Waals surface area contributed by atoms with E-state index in [1.165, 1.54) is 6.20 Å². The molecule has 178 valence electrons. The number of anilines is 1. The predicted octanol–water partition coefficient (Wildman–Crippen LogP) is 4.01. The molecule has 1 amide bonds. The van der Waals surface area contributed by atoms with Gasteiger partial charge in [0.2, 0.25) is 0 Å². The first-order chi connectivity index (χ1) is 17.0. The summed E-state index contributed by atoms with van der Waals surface area (Å²) in [6.07, 6.45) is 5.23. The van der Waals surface area contributed by atoms with Gasteiger partial charge in [-0.2, -0.15) is 10.4 Å². The number of rotatable bonds is 6. The maximum atomic E-state index is 12.9. The molecule has 1 atom stereocenters. The summed E-state index contributed by atoms with van der Waals surface area (Å²) < 4.78 is 7.56. The fraction of sp³-hybridized carbons (Fsp3) is 0.360. The number of likely N-dealkylation sites (tertiary alicyclic amines) is 1. The maximum Gasteiger partial charge on any atom is 0.311 e. The van der Waals surface area contributed by atoms with Crippen LogP contribution in [0.15, 0.2) is 41.1 Å². The number of nitrogens with zero attached hydrogens (tertiary/aromatic N) is 7. The lowest BCUT2D eigenvalue weighted by molar-refractivity contribution is 0.0748. The molecular formula is C25H26N8O2. The lowest BCUT2D eigenvalue weighted by atomic mass is 10.1. The van der Waals surface area contributed by atoms with Gasteiger partial charge < -0.3 is 14.6 Å². The zero-order chi connectivity index (χ0) is 24.5. The lowest BCUT2D eigenvalue weighted by Crippen LogP contribution is -2.28. The van der Waals surface area contributed by atoms with Crippen molar-refractivity contribution >= 4 is 17.1 Å². The minimum absolute atomic E-state index is 0.00796. The van der Waals surface area contributed by atoms with E-state index in [1.54, 1.807) is 21.7 Å². The van der Waals surface area contributed by atoms with Gasteiger partial charge in [-0.1, -0.05) is 13.3 Å². The number of pyridine rings is 1. The average Bonchev–Trinajstić information content (AvgIpc) is 3.62. The van der Waals surface area contributed by atoms with Gasteiger partial charge in [0.1, 0.15) is 6.07 Å². The molecule has 10 heteroatoms. The maximum absolute atomic E-state index is 12.9. The molecule has 5 heterocycles. The van der Waals surface area contributed by atoms with Crippen molar-refractivity contribution < 1.29 is 9.21 Å². The molecule has 5 rings (SSSR count). The predicted molar refractivity (Wildman–Crippen MR) is 129 cm³/mol. The molecule has 0 bridgehead atoms. The lowest BCUT2D eigenvalue weighted by Gasteiger charge is -2.14. The zero-order valence-corrected chi connectivity index (χ0v) is 19.9. The first kappa shape index (κ1) is 22.5. The Morgan fingerprint density at radius 2 is 2.14 bits per heavy atom. The summed E-state index contributed by atoms with van der Waals surface area (Å²) in [4.78, 5) is 19.3. The molecule has 1 N–H and O–H groups in total. The van der Waals surface area contributed by atoms with E-state index in [2.05, 4.69) is 38.6 Å². The van der Waals surface area contributed by atoms with Crippen LogP contribution < -0.4 is 5.32 Å². The molecule has 0 radical (unpaired) electrons. The molecule has 1 saturated heterocycles. The van der Waals surface area contributed by atoms with E-state index in [4.69, 9.17) is 9.68 Å². The summed E-state index contributed by atoms with van der Waals surface area (Å²) in [6, 6.07) is 9.71. The van der Waals surface area contributed by atoms with Crippen LogP contribution >= 0.6 is 0 Å². The highest BCUT2D eigenvalue weighted by atomic mass is 16.4. The molecule has 0 unspecified atom stereocenters. The van der Waals surface area contributed by atoms with Crippen molar-refractivity contribution in [2.45, 2.75) is 39.7 Å². The molecule has 0 saturated carbocycles. The Bertz CT molecular complexity index is 1430. The zero-order valence-electron chi connectivity index (χ0n) is 19.9. The molecule has 4 aromatic rings. The molecule has 10 nitrogen and oxygen atoms in total. The van der Waals surface area contributed by atoms with Crippen molar-refractivity contribution in [1.82, 2.24) is 29.7 Å². The van der Waals surface area contributed by atoms with Gasteiger partial charge in [0.25, 0.3) is 5.89 Å². The third-order valence-electron chi connectivity index (χ3n) is 6.23. The van der Waals surface area contributed by atoms with Gasteiger partial charge in [-0.25, -0.2) is 4.52 Å². The number of nitriles is 1. The molecule has 0 aromatic carbocycles. The van der Waals surface area contributed by atoms with Crippen LogP contribution in [0, 0.1) is 17.2 Å². The van der Waals surface area contributed by atoms with Crippen LogP contribution in [0.2, 0.25) is 0 Å². The number of hydrogen-bond donors (Lipinski definition) is 1. The average molecular weight is 471 g/mol. The number of carbonyl (C=O) groups excluding carboxylic acids is 1. The highest BCUT2D eigenvalue weighted by molar-refractivity contribution is 5.90. The van der Waals surface area contributed by atoms with Crippen LogP contribution in [0.5, 0.6) is 0 Å². The second-order valence-corrected chi connectivity index (χ2v) is 9.05. The van der Waals surface area contributed by atoms with E-state index in [9.17, 15) is 4.79 Å². The smallest absolute Gasteiger partial charge is 0.311 e. The first-order valence-electron chi connectivity index (χ1n) is 11.7. The summed E-state index contributed by atoms with van der Waals surface area (Å²) in [5, 5.41) is 25.1. The van der Waals surface area contributed by atoms with Crippen LogP contribution in [0.3, 0.4) is 0 Å². The topological polar surface area (TPSA) is 125 Å². The van der Waals surface area contributed by atoms with Gasteiger partial charge in [0.15, 0.2) is 0 Å². The molecule has 1 fully saturated rings. The van der Waals surface area contributed by atoms with E-state index in [1.807, 2.05) is 32.0 Å². The molecular weight excluding hydrogens is 444 g/mol. The van der Waals surface area contributed by atoms with Crippen LogP contribution in [0.4, 0.5) is 5.69 Å². The van der Waals surface area contributed by atoms with Crippen LogP contribution in [0.25, 0.3) is 28.4 Å². The highest BCUT2D eigenvalue weighted by Crippen LogP contribution is 2.32. The Kier molecular flexibility index (Phi) is 5.91. The Hall–Kier alpha value is -4.26. The van der Waals surface area contributed by atoms with E-state index in [0.29, 0.717) is 29.3 Å². The van der Waals surface area contributed by atoms with E-state index < -0.39 is 0 Å². The quantitative estimate of drug-likeness (QED) is 0.448. The second-order valence-electron chi connectivity index (χ2n) is 9.05. The summed E-state index contributed by atoms with van der Waals surface area (Å²) in [7, 11) is 0. The summed E-state index contributed by atoms with van der Waals surface area (Å²) >= 11 is 0. The van der Waals surface area contributed by atoms with Crippen LogP contribution in [0.1, 0.15) is 49.9 Å². The van der Waals surface area contributed by atoms with Gasteiger partial charge in [-0.05, 0) is 50.5 Å². The summed E-state index contributed by atoms with van der Waals surface area (Å²) in [5.74, 6) is 0.515. The number of hydrogen-bond acceptors (Lipinski definition) is 8. The minimum Gasteiger partial charge on any atom is -0.412 e. The number of nitrogens with one attached hydrogen (secondary N) is 1. The minimum atomic E-state index is -0.231. The number of amides is 1. The van der Waals surface area contributed by atoms with E-state index in [0.717, 1.165) is 36.3 Å². The molecule has 0 spiro atoms. The molecule has 35 heavy (non-hydrogen) atoms. The monoisotopic (exact) mass is 470 g/mol. The van der Waals surface area contributed by atoms with Crippen molar-refractivity contribution in [2.24, 2.45) is 5.92 Å². The van der Waals surface area contributed by atoms with Crippen molar-refractivity contribution in [3.05, 3.63) is 48.1 Å². The van der Waals surface area contributed by atoms with E-state index in [-0.39, 0.29) is 23.7 Å². The fourth-order valence-corrected chi connectivity index (χ4v) is 4.35. The Morgan fingerprint density at radius 3 is 2.89 bits per heavy atom. The van der Waals surface area contributed by atoms with Crippen molar-refractivity contribution in [3.63, 3.8) is 0 Å².